The van der Waals surface area contributed by atoms with Gasteiger partial charge in [-0.05, 0) is 36.4 Å². The summed E-state index contributed by atoms with van der Waals surface area (Å²) in [5, 5.41) is 9.84. The maximum absolute atomic E-state index is 13.5. The normalized spacial score (nSPS) is 10.8. The fourth-order valence-corrected chi connectivity index (χ4v) is 2.63. The molecule has 128 valence electrons. The first kappa shape index (κ1) is 15.9. The number of aromatic amines is 1. The van der Waals surface area contributed by atoms with E-state index in [1.54, 1.807) is 30.5 Å². The number of carbonyl (C=O) groups excluding carboxylic acids is 1. The van der Waals surface area contributed by atoms with Crippen LogP contribution in [0.25, 0.3) is 22.3 Å². The Morgan fingerprint density at radius 2 is 2.04 bits per heavy atom. The minimum Gasteiger partial charge on any atom is -0.345 e. The average molecular weight is 347 g/mol. The lowest BCUT2D eigenvalue weighted by Gasteiger charge is -2.05. The summed E-state index contributed by atoms with van der Waals surface area (Å²) in [6, 6.07) is 14.9. The number of aromatic nitrogens is 4. The van der Waals surface area contributed by atoms with E-state index in [-0.39, 0.29) is 17.4 Å². The molecule has 2 N–H and O–H groups in total. The Hall–Kier alpha value is -3.61. The number of halogens is 1. The van der Waals surface area contributed by atoms with Crippen LogP contribution in [0.3, 0.4) is 0 Å². The van der Waals surface area contributed by atoms with Crippen molar-refractivity contribution in [3.63, 3.8) is 0 Å². The van der Waals surface area contributed by atoms with E-state index in [0.29, 0.717) is 28.8 Å². The molecule has 0 fully saturated rings. The minimum absolute atomic E-state index is 0.257. The number of carbonyl (C=O) groups is 1. The van der Waals surface area contributed by atoms with Crippen LogP contribution in [-0.2, 0) is 6.54 Å². The molecule has 4 rings (SSSR count). The molecule has 26 heavy (non-hydrogen) atoms. The maximum atomic E-state index is 13.5. The highest BCUT2D eigenvalue weighted by Gasteiger charge is 2.14. The largest absolute Gasteiger partial charge is 0.345 e. The van der Waals surface area contributed by atoms with Crippen molar-refractivity contribution in [2.75, 3.05) is 0 Å². The van der Waals surface area contributed by atoms with E-state index < -0.39 is 0 Å². The van der Waals surface area contributed by atoms with Crippen molar-refractivity contribution in [3.8, 4) is 11.3 Å². The predicted molar refractivity (Wildman–Crippen MR) is 94.7 cm³/mol. The van der Waals surface area contributed by atoms with Crippen LogP contribution in [0.5, 0.6) is 0 Å². The third kappa shape index (κ3) is 3.14. The van der Waals surface area contributed by atoms with Crippen molar-refractivity contribution in [2.24, 2.45) is 0 Å². The second-order valence-electron chi connectivity index (χ2n) is 5.68. The molecule has 0 atom stereocenters. The molecule has 0 aliphatic carbocycles. The zero-order chi connectivity index (χ0) is 17.9. The molecule has 1 amide bonds. The zero-order valence-electron chi connectivity index (χ0n) is 13.6. The Kier molecular flexibility index (Phi) is 4.10. The third-order valence-corrected chi connectivity index (χ3v) is 3.89. The van der Waals surface area contributed by atoms with Crippen molar-refractivity contribution in [2.45, 2.75) is 6.54 Å². The number of hydrogen-bond donors (Lipinski definition) is 2. The second-order valence-corrected chi connectivity index (χ2v) is 5.68. The molecular formula is C19H14FN5O. The molecule has 0 aliphatic heterocycles. The molecule has 0 aliphatic rings. The summed E-state index contributed by atoms with van der Waals surface area (Å²) in [6.45, 7) is 0.307. The topological polar surface area (TPSA) is 83.6 Å². The summed E-state index contributed by atoms with van der Waals surface area (Å²) in [7, 11) is 0. The third-order valence-electron chi connectivity index (χ3n) is 3.89. The van der Waals surface area contributed by atoms with E-state index in [2.05, 4.69) is 25.5 Å². The predicted octanol–water partition coefficient (Wildman–Crippen LogP) is 3.09. The molecule has 0 bridgehead atoms. The molecule has 7 heteroatoms. The molecule has 0 spiro atoms. The molecule has 4 aromatic rings. The first-order chi connectivity index (χ1) is 12.7. The van der Waals surface area contributed by atoms with Crippen LogP contribution < -0.4 is 5.32 Å². The summed E-state index contributed by atoms with van der Waals surface area (Å²) < 4.78 is 13.5. The van der Waals surface area contributed by atoms with Gasteiger partial charge in [-0.3, -0.25) is 14.9 Å². The standard InChI is InChI=1S/C19H14FN5O/c20-13-5-3-4-12(10-13)17-18-15(24-25-17)7-8-16(23-18)19(26)22-11-14-6-1-2-9-21-14/h1-10H,11H2,(H,22,26)(H,24,25). The lowest BCUT2D eigenvalue weighted by Crippen LogP contribution is -2.24. The van der Waals surface area contributed by atoms with Crippen LogP contribution >= 0.6 is 0 Å². The first-order valence-corrected chi connectivity index (χ1v) is 8.00. The van der Waals surface area contributed by atoms with Gasteiger partial charge >= 0.3 is 0 Å². The number of H-pyrrole nitrogens is 1. The number of hydrogen-bond acceptors (Lipinski definition) is 4. The van der Waals surface area contributed by atoms with Gasteiger partial charge in [0.25, 0.3) is 5.91 Å². The van der Waals surface area contributed by atoms with Crippen LogP contribution in [0, 0.1) is 5.82 Å². The van der Waals surface area contributed by atoms with Gasteiger partial charge in [0.1, 0.15) is 22.7 Å². The van der Waals surface area contributed by atoms with Crippen molar-refractivity contribution in [3.05, 3.63) is 78.0 Å². The van der Waals surface area contributed by atoms with Crippen molar-refractivity contribution >= 4 is 16.9 Å². The van der Waals surface area contributed by atoms with E-state index in [9.17, 15) is 9.18 Å². The van der Waals surface area contributed by atoms with Gasteiger partial charge in [-0.15, -0.1) is 0 Å². The highest BCUT2D eigenvalue weighted by molar-refractivity contribution is 5.97. The van der Waals surface area contributed by atoms with E-state index in [1.165, 1.54) is 12.1 Å². The molecule has 6 nitrogen and oxygen atoms in total. The minimum atomic E-state index is -0.358. The van der Waals surface area contributed by atoms with Crippen LogP contribution in [-0.4, -0.2) is 26.1 Å². The van der Waals surface area contributed by atoms with Crippen molar-refractivity contribution in [1.29, 1.82) is 0 Å². The van der Waals surface area contributed by atoms with Gasteiger partial charge in [0.2, 0.25) is 0 Å². The Morgan fingerprint density at radius 1 is 1.12 bits per heavy atom. The first-order valence-electron chi connectivity index (χ1n) is 8.00. The number of benzene rings is 1. The average Bonchev–Trinajstić information content (AvgIpc) is 3.10. The lowest BCUT2D eigenvalue weighted by molar-refractivity contribution is 0.0946. The molecule has 3 aromatic heterocycles. The number of rotatable bonds is 4. The monoisotopic (exact) mass is 347 g/mol. The summed E-state index contributed by atoms with van der Waals surface area (Å²) in [5.74, 6) is -0.674. The van der Waals surface area contributed by atoms with Crippen LogP contribution in [0.15, 0.2) is 60.8 Å². The Labute approximate surface area is 148 Å². The molecular weight excluding hydrogens is 333 g/mol. The Bertz CT molecular complexity index is 1080. The maximum Gasteiger partial charge on any atom is 0.270 e. The number of nitrogens with one attached hydrogen (secondary N) is 2. The fraction of sp³-hybridized carbons (Fsp3) is 0.0526. The van der Waals surface area contributed by atoms with E-state index >= 15 is 0 Å². The van der Waals surface area contributed by atoms with Gasteiger partial charge in [-0.2, -0.15) is 5.10 Å². The van der Waals surface area contributed by atoms with E-state index in [1.807, 2.05) is 18.2 Å². The van der Waals surface area contributed by atoms with Crippen LogP contribution in [0.2, 0.25) is 0 Å². The molecule has 3 heterocycles. The number of pyridine rings is 2. The Balaban J connectivity index is 1.62. The summed E-state index contributed by atoms with van der Waals surface area (Å²) in [6.07, 6.45) is 1.67. The van der Waals surface area contributed by atoms with Gasteiger partial charge in [-0.25, -0.2) is 9.37 Å². The zero-order valence-corrected chi connectivity index (χ0v) is 13.6. The Morgan fingerprint density at radius 3 is 2.85 bits per heavy atom. The summed E-state index contributed by atoms with van der Waals surface area (Å²) >= 11 is 0. The molecule has 0 saturated heterocycles. The van der Waals surface area contributed by atoms with Gasteiger partial charge in [0, 0.05) is 11.8 Å². The molecule has 0 saturated carbocycles. The fourth-order valence-electron chi connectivity index (χ4n) is 2.63. The molecule has 0 radical (unpaired) electrons. The van der Waals surface area contributed by atoms with Crippen molar-refractivity contribution in [1.82, 2.24) is 25.5 Å². The van der Waals surface area contributed by atoms with Gasteiger partial charge < -0.3 is 5.32 Å². The summed E-state index contributed by atoms with van der Waals surface area (Å²) in [4.78, 5) is 21.0. The second kappa shape index (κ2) is 6.72. The van der Waals surface area contributed by atoms with E-state index in [0.717, 1.165) is 5.69 Å². The van der Waals surface area contributed by atoms with Crippen LogP contribution in [0.4, 0.5) is 4.39 Å². The van der Waals surface area contributed by atoms with Crippen molar-refractivity contribution < 1.29 is 9.18 Å². The smallest absolute Gasteiger partial charge is 0.270 e. The number of nitrogens with zero attached hydrogens (tertiary/aromatic N) is 3. The number of fused-ring (bicyclic) bond motifs is 1. The number of amides is 1. The van der Waals surface area contributed by atoms with Crippen LogP contribution in [0.1, 0.15) is 16.2 Å². The van der Waals surface area contributed by atoms with Gasteiger partial charge in [-0.1, -0.05) is 18.2 Å². The molecule has 1 aromatic carbocycles. The SMILES string of the molecule is O=C(NCc1ccccn1)c1ccc2[nH]nc(-c3cccc(F)c3)c2n1. The molecule has 0 unspecified atom stereocenters. The highest BCUT2D eigenvalue weighted by atomic mass is 19.1. The highest BCUT2D eigenvalue weighted by Crippen LogP contribution is 2.25. The van der Waals surface area contributed by atoms with Gasteiger partial charge in [0.05, 0.1) is 17.8 Å². The van der Waals surface area contributed by atoms with E-state index in [4.69, 9.17) is 0 Å². The van der Waals surface area contributed by atoms with Gasteiger partial charge in [0.15, 0.2) is 0 Å². The lowest BCUT2D eigenvalue weighted by atomic mass is 10.1. The summed E-state index contributed by atoms with van der Waals surface area (Å²) in [5.41, 5.74) is 3.29. The quantitative estimate of drug-likeness (QED) is 0.594.